The second kappa shape index (κ2) is 6.39. The molecular weight excluding hydrogens is 405 g/mol. The molecule has 1 aliphatic rings. The monoisotopic (exact) mass is 420 g/mol. The molecule has 0 fully saturated rings. The number of aliphatic carboxylic acids is 1. The molecule has 0 aromatic heterocycles. The summed E-state index contributed by atoms with van der Waals surface area (Å²) in [7, 11) is 0. The van der Waals surface area contributed by atoms with E-state index in [4.69, 9.17) is 0 Å². The standard InChI is InChI=1S/C20H16O2.Cs/c1-11-7-8-15-16(9-11)19(20(21)22)17-10-12(2)13-5-3-4-6-14(13)18(15)17;/h3-10,19H,1-2H3,(H,21,22);/q;+1/p-1. The maximum atomic E-state index is 11.8. The second-order valence-corrected chi connectivity index (χ2v) is 6.05. The summed E-state index contributed by atoms with van der Waals surface area (Å²) in [5.74, 6) is -1.70. The molecule has 0 N–H and O–H groups in total. The number of fused-ring (bicyclic) bond motifs is 5. The van der Waals surface area contributed by atoms with E-state index < -0.39 is 11.9 Å². The van der Waals surface area contributed by atoms with Crippen LogP contribution in [0.15, 0.2) is 48.5 Å². The molecule has 23 heavy (non-hydrogen) atoms. The zero-order valence-electron chi connectivity index (χ0n) is 13.5. The minimum atomic E-state index is -1.03. The van der Waals surface area contributed by atoms with E-state index >= 15 is 0 Å². The fourth-order valence-electron chi connectivity index (χ4n) is 3.68. The van der Waals surface area contributed by atoms with Crippen LogP contribution in [-0.2, 0) is 4.79 Å². The van der Waals surface area contributed by atoms with Gasteiger partial charge in [-0.25, -0.2) is 0 Å². The Balaban J connectivity index is 0.00000156. The van der Waals surface area contributed by atoms with Crippen molar-refractivity contribution in [1.29, 1.82) is 0 Å². The van der Waals surface area contributed by atoms with Gasteiger partial charge in [-0.1, -0.05) is 54.1 Å². The first-order valence-electron chi connectivity index (χ1n) is 7.42. The van der Waals surface area contributed by atoms with Gasteiger partial charge < -0.3 is 9.90 Å². The molecule has 3 heteroatoms. The SMILES string of the molecule is Cc1ccc2c(c1)C(C(=O)[O-])c1cc(C)c3ccccc3c1-2.[Cs+]. The van der Waals surface area contributed by atoms with Crippen molar-refractivity contribution in [2.24, 2.45) is 0 Å². The van der Waals surface area contributed by atoms with Crippen molar-refractivity contribution >= 4 is 16.7 Å². The van der Waals surface area contributed by atoms with Gasteiger partial charge in [0.2, 0.25) is 0 Å². The van der Waals surface area contributed by atoms with Crippen LogP contribution >= 0.6 is 0 Å². The van der Waals surface area contributed by atoms with Crippen LogP contribution < -0.4 is 74.0 Å². The van der Waals surface area contributed by atoms with Gasteiger partial charge in [0.1, 0.15) is 0 Å². The number of carboxylic acids is 1. The molecule has 3 aromatic carbocycles. The third-order valence-electron chi connectivity index (χ3n) is 4.62. The van der Waals surface area contributed by atoms with Crippen molar-refractivity contribution in [3.05, 3.63) is 70.8 Å². The first-order valence-corrected chi connectivity index (χ1v) is 7.42. The maximum Gasteiger partial charge on any atom is 1.00 e. The van der Waals surface area contributed by atoms with Crippen LogP contribution in [0.4, 0.5) is 0 Å². The molecule has 108 valence electrons. The number of benzene rings is 3. The van der Waals surface area contributed by atoms with Crippen LogP contribution in [0, 0.1) is 13.8 Å². The first kappa shape index (κ1) is 17.3. The molecule has 0 radical (unpaired) electrons. The Kier molecular flexibility index (Phi) is 4.80. The summed E-state index contributed by atoms with van der Waals surface area (Å²) in [6.07, 6.45) is 0. The third-order valence-corrected chi connectivity index (χ3v) is 4.62. The number of hydrogen-bond acceptors (Lipinski definition) is 2. The number of carbonyl (C=O) groups excluding carboxylic acids is 1. The number of aryl methyl sites for hydroxylation is 2. The minimum absolute atomic E-state index is 0. The Hall–Kier alpha value is -0.558. The summed E-state index contributed by atoms with van der Waals surface area (Å²) in [6.45, 7) is 4.02. The van der Waals surface area contributed by atoms with Crippen molar-refractivity contribution in [2.45, 2.75) is 19.8 Å². The molecular formula is C20H15CsO2. The van der Waals surface area contributed by atoms with Crippen molar-refractivity contribution in [3.8, 4) is 11.1 Å². The van der Waals surface area contributed by atoms with Gasteiger partial charge in [0.05, 0.1) is 5.97 Å². The van der Waals surface area contributed by atoms with Gasteiger partial charge in [-0.2, -0.15) is 0 Å². The Morgan fingerprint density at radius 2 is 1.65 bits per heavy atom. The van der Waals surface area contributed by atoms with E-state index in [-0.39, 0.29) is 68.9 Å². The van der Waals surface area contributed by atoms with E-state index in [1.54, 1.807) is 0 Å². The molecule has 0 saturated carbocycles. The van der Waals surface area contributed by atoms with Crippen LogP contribution in [0.1, 0.15) is 28.2 Å². The molecule has 2 nitrogen and oxygen atoms in total. The Labute approximate surface area is 194 Å². The summed E-state index contributed by atoms with van der Waals surface area (Å²) in [6, 6.07) is 16.2. The molecule has 0 saturated heterocycles. The van der Waals surface area contributed by atoms with E-state index in [0.29, 0.717) is 0 Å². The van der Waals surface area contributed by atoms with Crippen molar-refractivity contribution in [2.75, 3.05) is 0 Å². The molecule has 4 rings (SSSR count). The van der Waals surface area contributed by atoms with Gasteiger partial charge in [0.15, 0.2) is 0 Å². The quantitative estimate of drug-likeness (QED) is 0.569. The summed E-state index contributed by atoms with van der Waals surface area (Å²) < 4.78 is 0. The summed E-state index contributed by atoms with van der Waals surface area (Å²) >= 11 is 0. The number of carbonyl (C=O) groups is 1. The topological polar surface area (TPSA) is 40.1 Å². The molecule has 0 spiro atoms. The molecule has 1 aliphatic carbocycles. The Morgan fingerprint density at radius 1 is 0.957 bits per heavy atom. The number of rotatable bonds is 1. The maximum absolute atomic E-state index is 11.8. The van der Waals surface area contributed by atoms with Crippen LogP contribution in [0.25, 0.3) is 21.9 Å². The van der Waals surface area contributed by atoms with Crippen LogP contribution in [0.2, 0.25) is 0 Å². The van der Waals surface area contributed by atoms with Crippen molar-refractivity contribution in [3.63, 3.8) is 0 Å². The number of hydrogen-bond donors (Lipinski definition) is 0. The van der Waals surface area contributed by atoms with Gasteiger partial charge in [-0.3, -0.25) is 0 Å². The average Bonchev–Trinajstić information content (AvgIpc) is 2.80. The van der Waals surface area contributed by atoms with Gasteiger partial charge >= 0.3 is 68.9 Å². The molecule has 1 atom stereocenters. The molecule has 0 heterocycles. The second-order valence-electron chi connectivity index (χ2n) is 6.05. The molecule has 3 aromatic rings. The van der Waals surface area contributed by atoms with Crippen molar-refractivity contribution in [1.82, 2.24) is 0 Å². The van der Waals surface area contributed by atoms with Crippen LogP contribution in [-0.4, -0.2) is 5.97 Å². The third kappa shape index (κ3) is 2.64. The molecule has 0 aliphatic heterocycles. The predicted molar refractivity (Wildman–Crippen MR) is 85.7 cm³/mol. The number of carboxylic acid groups (broad SMARTS) is 1. The van der Waals surface area contributed by atoms with Crippen molar-refractivity contribution < 1.29 is 78.8 Å². The normalized spacial score (nSPS) is 15.0. The van der Waals surface area contributed by atoms with E-state index in [2.05, 4.69) is 12.1 Å². The average molecular weight is 420 g/mol. The Morgan fingerprint density at radius 3 is 2.35 bits per heavy atom. The molecule has 0 bridgehead atoms. The van der Waals surface area contributed by atoms with E-state index in [1.165, 1.54) is 5.39 Å². The van der Waals surface area contributed by atoms with Crippen LogP contribution in [0.5, 0.6) is 0 Å². The van der Waals surface area contributed by atoms with Crippen LogP contribution in [0.3, 0.4) is 0 Å². The van der Waals surface area contributed by atoms with Gasteiger partial charge in [0.25, 0.3) is 0 Å². The largest absolute Gasteiger partial charge is 1.00 e. The van der Waals surface area contributed by atoms with Gasteiger partial charge in [-0.15, -0.1) is 0 Å². The zero-order chi connectivity index (χ0) is 15.4. The molecule has 1 unspecified atom stereocenters. The van der Waals surface area contributed by atoms with Gasteiger partial charge in [0, 0.05) is 5.92 Å². The summed E-state index contributed by atoms with van der Waals surface area (Å²) in [5, 5.41) is 14.1. The fourth-order valence-corrected chi connectivity index (χ4v) is 3.68. The minimum Gasteiger partial charge on any atom is -0.549 e. The first-order chi connectivity index (χ1) is 10.6. The van der Waals surface area contributed by atoms with E-state index in [9.17, 15) is 9.90 Å². The van der Waals surface area contributed by atoms with E-state index in [0.717, 1.165) is 38.8 Å². The Bertz CT molecular complexity index is 944. The molecule has 0 amide bonds. The fraction of sp³-hybridized carbons (Fsp3) is 0.150. The summed E-state index contributed by atoms with van der Waals surface area (Å²) in [5.41, 5.74) is 5.95. The predicted octanol–water partition coefficient (Wildman–Crippen LogP) is 0.323. The summed E-state index contributed by atoms with van der Waals surface area (Å²) in [4.78, 5) is 11.8. The van der Waals surface area contributed by atoms with E-state index in [1.807, 2.05) is 50.2 Å². The smallest absolute Gasteiger partial charge is 0.549 e. The zero-order valence-corrected chi connectivity index (χ0v) is 19.8. The van der Waals surface area contributed by atoms with Gasteiger partial charge in [-0.05, 0) is 52.4 Å².